The standard InChI is InChI=1S/C24H21N3O3S2/c28-23-19-3-1-2-4-20(19)25-26-27(23)13-16-7-10-21(22(16)24(29)30)32-18-8-5-15(6-9-18)17-11-12-31-14-17/h1-6,8-9,11-12,14,16,21-22H,7,10,13H2,(H,29,30)/t16-,21-,22-/m1/s1. The van der Waals surface area contributed by atoms with Crippen molar-refractivity contribution < 1.29 is 9.90 Å². The Kier molecular flexibility index (Phi) is 5.80. The number of thiophene rings is 1. The number of thioether (sulfide) groups is 1. The molecule has 1 saturated carbocycles. The number of benzene rings is 2. The molecular weight excluding hydrogens is 442 g/mol. The Morgan fingerprint density at radius 1 is 1.09 bits per heavy atom. The van der Waals surface area contributed by atoms with Crippen LogP contribution in [0.3, 0.4) is 0 Å². The number of rotatable bonds is 6. The van der Waals surface area contributed by atoms with Crippen LogP contribution in [-0.4, -0.2) is 31.3 Å². The van der Waals surface area contributed by atoms with Crippen molar-refractivity contribution in [1.29, 1.82) is 0 Å². The van der Waals surface area contributed by atoms with E-state index in [1.54, 1.807) is 41.3 Å². The van der Waals surface area contributed by atoms with E-state index in [9.17, 15) is 14.7 Å². The molecule has 3 atom stereocenters. The zero-order valence-corrected chi connectivity index (χ0v) is 18.8. The van der Waals surface area contributed by atoms with E-state index in [4.69, 9.17) is 0 Å². The quantitative estimate of drug-likeness (QED) is 0.442. The number of hydrogen-bond acceptors (Lipinski definition) is 6. The number of carboxylic acids is 1. The van der Waals surface area contributed by atoms with Crippen molar-refractivity contribution in [3.05, 3.63) is 75.7 Å². The second-order valence-corrected chi connectivity index (χ2v) is 10.1. The molecule has 162 valence electrons. The SMILES string of the molecule is O=C(O)[C@@H]1[C@@H](Cn2nnc3ccccc3c2=O)CC[C@H]1Sc1ccc(-c2ccsc2)cc1. The average Bonchev–Trinajstić information content (AvgIpc) is 3.47. The van der Waals surface area contributed by atoms with E-state index in [0.717, 1.165) is 23.3 Å². The van der Waals surface area contributed by atoms with Gasteiger partial charge in [0, 0.05) is 10.1 Å². The van der Waals surface area contributed by atoms with Crippen LogP contribution in [0.5, 0.6) is 0 Å². The van der Waals surface area contributed by atoms with E-state index in [1.165, 1.54) is 10.2 Å². The number of carboxylic acid groups (broad SMARTS) is 1. The predicted octanol–water partition coefficient (Wildman–Crippen LogP) is 4.79. The Morgan fingerprint density at radius 3 is 2.66 bits per heavy atom. The molecule has 0 bridgehead atoms. The van der Waals surface area contributed by atoms with Crippen molar-refractivity contribution in [2.45, 2.75) is 29.5 Å². The molecule has 0 radical (unpaired) electrons. The molecule has 0 aliphatic heterocycles. The summed E-state index contributed by atoms with van der Waals surface area (Å²) in [4.78, 5) is 26.0. The van der Waals surface area contributed by atoms with Crippen LogP contribution in [0.2, 0.25) is 0 Å². The Labute approximate surface area is 192 Å². The molecule has 1 aliphatic rings. The number of aromatic nitrogens is 3. The smallest absolute Gasteiger partial charge is 0.307 e. The molecule has 0 amide bonds. The fourth-order valence-corrected chi connectivity index (χ4v) is 6.48. The average molecular weight is 464 g/mol. The number of carbonyl (C=O) groups is 1. The van der Waals surface area contributed by atoms with Gasteiger partial charge in [-0.25, -0.2) is 4.68 Å². The number of hydrogen-bond donors (Lipinski definition) is 1. The van der Waals surface area contributed by atoms with Crippen molar-refractivity contribution in [2.24, 2.45) is 11.8 Å². The zero-order chi connectivity index (χ0) is 22.1. The second-order valence-electron chi connectivity index (χ2n) is 7.99. The van der Waals surface area contributed by atoms with Gasteiger partial charge in [0.05, 0.1) is 17.8 Å². The molecule has 1 aliphatic carbocycles. The van der Waals surface area contributed by atoms with E-state index < -0.39 is 11.9 Å². The van der Waals surface area contributed by atoms with Gasteiger partial charge >= 0.3 is 5.97 Å². The fourth-order valence-electron chi connectivity index (χ4n) is 4.43. The first-order valence-corrected chi connectivity index (χ1v) is 12.3. The second kappa shape index (κ2) is 8.88. The van der Waals surface area contributed by atoms with Crippen molar-refractivity contribution in [3.63, 3.8) is 0 Å². The summed E-state index contributed by atoms with van der Waals surface area (Å²) in [5.41, 5.74) is 2.68. The molecule has 1 N–H and O–H groups in total. The van der Waals surface area contributed by atoms with Gasteiger partial charge in [-0.05, 0) is 71.0 Å². The number of nitrogens with zero attached hydrogens (tertiary/aromatic N) is 3. The number of aliphatic carboxylic acids is 1. The molecule has 0 saturated heterocycles. The first kappa shape index (κ1) is 20.9. The van der Waals surface area contributed by atoms with E-state index in [0.29, 0.717) is 10.9 Å². The summed E-state index contributed by atoms with van der Waals surface area (Å²) in [6.07, 6.45) is 1.52. The monoisotopic (exact) mass is 463 g/mol. The first-order valence-electron chi connectivity index (χ1n) is 10.4. The van der Waals surface area contributed by atoms with Crippen molar-refractivity contribution in [2.75, 3.05) is 0 Å². The summed E-state index contributed by atoms with van der Waals surface area (Å²) in [7, 11) is 0. The van der Waals surface area contributed by atoms with Gasteiger partial charge in [0.25, 0.3) is 5.56 Å². The molecule has 2 heterocycles. The third kappa shape index (κ3) is 4.08. The van der Waals surface area contributed by atoms with E-state index in [-0.39, 0.29) is 23.3 Å². The van der Waals surface area contributed by atoms with Crippen molar-refractivity contribution >= 4 is 40.0 Å². The fraction of sp³-hybridized carbons (Fsp3) is 0.250. The van der Waals surface area contributed by atoms with Gasteiger partial charge in [-0.3, -0.25) is 9.59 Å². The molecule has 6 nitrogen and oxygen atoms in total. The Bertz CT molecular complexity index is 1300. The minimum absolute atomic E-state index is 0.0476. The highest BCUT2D eigenvalue weighted by atomic mass is 32.2. The number of fused-ring (bicyclic) bond motifs is 1. The van der Waals surface area contributed by atoms with Crippen LogP contribution < -0.4 is 5.56 Å². The normalized spacial score (nSPS) is 20.6. The van der Waals surface area contributed by atoms with Gasteiger partial charge < -0.3 is 5.11 Å². The van der Waals surface area contributed by atoms with Gasteiger partial charge in [0.1, 0.15) is 5.52 Å². The third-order valence-electron chi connectivity index (χ3n) is 6.05. The molecular formula is C24H21N3O3S2. The largest absolute Gasteiger partial charge is 0.481 e. The summed E-state index contributed by atoms with van der Waals surface area (Å²) >= 11 is 3.28. The highest BCUT2D eigenvalue weighted by Gasteiger charge is 2.42. The summed E-state index contributed by atoms with van der Waals surface area (Å²) in [6, 6.07) is 17.5. The predicted molar refractivity (Wildman–Crippen MR) is 127 cm³/mol. The summed E-state index contributed by atoms with van der Waals surface area (Å²) in [5, 5.41) is 22.8. The summed E-state index contributed by atoms with van der Waals surface area (Å²) in [6.45, 7) is 0.266. The van der Waals surface area contributed by atoms with Crippen molar-refractivity contribution in [3.8, 4) is 11.1 Å². The van der Waals surface area contributed by atoms with Crippen molar-refractivity contribution in [1.82, 2.24) is 15.0 Å². The Balaban J connectivity index is 1.33. The van der Waals surface area contributed by atoms with E-state index in [1.807, 2.05) is 6.07 Å². The lowest BCUT2D eigenvalue weighted by Crippen LogP contribution is -2.33. The van der Waals surface area contributed by atoms with Gasteiger partial charge in [-0.1, -0.05) is 29.5 Å². The molecule has 1 fully saturated rings. The van der Waals surface area contributed by atoms with Crippen LogP contribution in [0.4, 0.5) is 0 Å². The maximum atomic E-state index is 12.8. The lowest BCUT2D eigenvalue weighted by atomic mass is 9.96. The molecule has 0 unspecified atom stereocenters. The summed E-state index contributed by atoms with van der Waals surface area (Å²) in [5.74, 6) is -1.53. The van der Waals surface area contributed by atoms with E-state index in [2.05, 4.69) is 51.4 Å². The molecule has 32 heavy (non-hydrogen) atoms. The van der Waals surface area contributed by atoms with Crippen LogP contribution in [-0.2, 0) is 11.3 Å². The molecule has 0 spiro atoms. The lowest BCUT2D eigenvalue weighted by Gasteiger charge is -2.21. The van der Waals surface area contributed by atoms with Gasteiger partial charge in [0.2, 0.25) is 0 Å². The van der Waals surface area contributed by atoms with Gasteiger partial charge in [-0.15, -0.1) is 16.9 Å². The molecule has 2 aromatic carbocycles. The minimum atomic E-state index is -0.818. The molecule has 4 aromatic rings. The van der Waals surface area contributed by atoms with Crippen LogP contribution in [0.15, 0.2) is 75.0 Å². The third-order valence-corrected chi connectivity index (χ3v) is 8.11. The maximum Gasteiger partial charge on any atom is 0.307 e. The highest BCUT2D eigenvalue weighted by Crippen LogP contribution is 2.43. The van der Waals surface area contributed by atoms with Crippen LogP contribution in [0.1, 0.15) is 12.8 Å². The van der Waals surface area contributed by atoms with Gasteiger partial charge in [-0.2, -0.15) is 11.3 Å². The maximum absolute atomic E-state index is 12.8. The van der Waals surface area contributed by atoms with Gasteiger partial charge in [0.15, 0.2) is 0 Å². The van der Waals surface area contributed by atoms with E-state index >= 15 is 0 Å². The zero-order valence-electron chi connectivity index (χ0n) is 17.1. The topological polar surface area (TPSA) is 85.1 Å². The Hall–Kier alpha value is -2.97. The summed E-state index contributed by atoms with van der Waals surface area (Å²) < 4.78 is 1.33. The minimum Gasteiger partial charge on any atom is -0.481 e. The van der Waals surface area contributed by atoms with Crippen LogP contribution in [0.25, 0.3) is 22.0 Å². The molecule has 2 aromatic heterocycles. The highest BCUT2D eigenvalue weighted by molar-refractivity contribution is 8.00. The molecule has 8 heteroatoms. The first-order chi connectivity index (χ1) is 15.6. The van der Waals surface area contributed by atoms with Crippen LogP contribution >= 0.6 is 23.1 Å². The molecule has 5 rings (SSSR count). The van der Waals surface area contributed by atoms with Crippen LogP contribution in [0, 0.1) is 11.8 Å². The Morgan fingerprint density at radius 2 is 1.91 bits per heavy atom. The lowest BCUT2D eigenvalue weighted by molar-refractivity contribution is -0.142.